The average molecular weight is 557 g/mol. The first-order valence-corrected chi connectivity index (χ1v) is 16.7. The van der Waals surface area contributed by atoms with E-state index in [1.54, 1.807) is 0 Å². The molecule has 2 aromatic carbocycles. The number of rotatable bonds is 18. The molecule has 0 radical (unpaired) electrons. The summed E-state index contributed by atoms with van der Waals surface area (Å²) in [6.45, 7) is 12.8. The maximum atomic E-state index is 12.2. The number of ketones is 1. The molecule has 0 saturated carbocycles. The summed E-state index contributed by atoms with van der Waals surface area (Å²) in [7, 11) is 0. The number of unbranched alkanes of at least 4 members (excludes halogenated alkanes) is 4. The monoisotopic (exact) mass is 556 g/mol. The van der Waals surface area contributed by atoms with Crippen molar-refractivity contribution in [1.82, 2.24) is 0 Å². The predicted molar refractivity (Wildman–Crippen MR) is 177 cm³/mol. The number of aliphatic hydroxyl groups excluding tert-OH is 1. The molecular formula is C39H56O2. The zero-order chi connectivity index (χ0) is 29.6. The second kappa shape index (κ2) is 17.5. The summed E-state index contributed by atoms with van der Waals surface area (Å²) in [6, 6.07) is 12.2. The number of benzene rings is 2. The summed E-state index contributed by atoms with van der Waals surface area (Å²) in [5.41, 5.74) is 10.7. The summed E-state index contributed by atoms with van der Waals surface area (Å²) in [6.07, 6.45) is 20.9. The third-order valence-corrected chi connectivity index (χ3v) is 9.13. The smallest absolute Gasteiger partial charge is 0.157 e. The number of allylic oxidation sites excluding steroid dienone is 3. The zero-order valence-corrected chi connectivity index (χ0v) is 26.6. The van der Waals surface area contributed by atoms with Crippen molar-refractivity contribution in [3.05, 3.63) is 82.5 Å². The molecule has 1 aliphatic rings. The average Bonchev–Trinajstić information content (AvgIpc) is 2.99. The summed E-state index contributed by atoms with van der Waals surface area (Å²) in [4.78, 5) is 12.2. The van der Waals surface area contributed by atoms with Gasteiger partial charge in [-0.3, -0.25) is 4.79 Å². The Balaban J connectivity index is 1.97. The van der Waals surface area contributed by atoms with E-state index >= 15 is 0 Å². The Hall–Kier alpha value is -2.45. The summed E-state index contributed by atoms with van der Waals surface area (Å²) in [5, 5.41) is 9.48. The van der Waals surface area contributed by atoms with E-state index in [4.69, 9.17) is 0 Å². The first kappa shape index (κ1) is 33.1. The van der Waals surface area contributed by atoms with E-state index in [9.17, 15) is 9.90 Å². The van der Waals surface area contributed by atoms with Gasteiger partial charge in [0.25, 0.3) is 0 Å². The van der Waals surface area contributed by atoms with Crippen LogP contribution in [0.15, 0.2) is 54.6 Å². The SMILES string of the molecule is C=C(C)C(=O)CCCCc1cc(-c2ccc(C3C=CC(CC)CC3)cc2CC)cc(CCCCC)c1CCCCO. The molecule has 224 valence electrons. The number of carbonyl (C=O) groups excluding carboxylic acids is 1. The lowest BCUT2D eigenvalue weighted by molar-refractivity contribution is -0.115. The Morgan fingerprint density at radius 1 is 0.854 bits per heavy atom. The lowest BCUT2D eigenvalue weighted by Gasteiger charge is -2.24. The number of hydrogen-bond donors (Lipinski definition) is 1. The van der Waals surface area contributed by atoms with E-state index in [0.717, 1.165) is 57.3 Å². The quantitative estimate of drug-likeness (QED) is 0.113. The second-order valence-corrected chi connectivity index (χ2v) is 12.3. The lowest BCUT2D eigenvalue weighted by atomic mass is 9.81. The van der Waals surface area contributed by atoms with Crippen molar-refractivity contribution < 1.29 is 9.90 Å². The molecule has 0 spiro atoms. The van der Waals surface area contributed by atoms with Gasteiger partial charge in [-0.15, -0.1) is 0 Å². The molecule has 0 heterocycles. The lowest BCUT2D eigenvalue weighted by Crippen LogP contribution is -2.07. The Kier molecular flexibility index (Phi) is 14.1. The first-order valence-electron chi connectivity index (χ1n) is 16.7. The summed E-state index contributed by atoms with van der Waals surface area (Å²) >= 11 is 0. The van der Waals surface area contributed by atoms with Crippen LogP contribution in [0.5, 0.6) is 0 Å². The van der Waals surface area contributed by atoms with Gasteiger partial charge in [0, 0.05) is 18.9 Å². The molecule has 0 fully saturated rings. The molecule has 1 N–H and O–H groups in total. The number of aliphatic hydroxyl groups is 1. The van der Waals surface area contributed by atoms with Crippen LogP contribution in [0.3, 0.4) is 0 Å². The molecule has 0 saturated heterocycles. The highest BCUT2D eigenvalue weighted by Crippen LogP contribution is 2.36. The van der Waals surface area contributed by atoms with Crippen LogP contribution < -0.4 is 0 Å². The Morgan fingerprint density at radius 3 is 2.15 bits per heavy atom. The van der Waals surface area contributed by atoms with Crippen molar-refractivity contribution in [2.45, 2.75) is 130 Å². The van der Waals surface area contributed by atoms with Gasteiger partial charge in [-0.05, 0) is 134 Å². The van der Waals surface area contributed by atoms with Crippen molar-refractivity contribution >= 4 is 5.78 Å². The molecular weight excluding hydrogens is 500 g/mol. The van der Waals surface area contributed by atoms with Crippen LogP contribution in [0.25, 0.3) is 11.1 Å². The van der Waals surface area contributed by atoms with Gasteiger partial charge in [-0.25, -0.2) is 0 Å². The van der Waals surface area contributed by atoms with Crippen molar-refractivity contribution in [3.63, 3.8) is 0 Å². The van der Waals surface area contributed by atoms with Gasteiger partial charge >= 0.3 is 0 Å². The van der Waals surface area contributed by atoms with E-state index < -0.39 is 0 Å². The maximum absolute atomic E-state index is 12.2. The minimum atomic E-state index is 0.188. The standard InChI is InChI=1S/C39H56O2/c1-6-9-10-15-34-27-36(28-35(37(34)17-13-14-25-40)16-11-12-18-39(41)29(4)5)38-24-23-33(26-31(38)8-3)32-21-19-30(7-2)20-22-32/h19,21,23-24,26-28,30,32,40H,4,6-18,20,22,25H2,1-3,5H3. The van der Waals surface area contributed by atoms with Crippen LogP contribution in [0, 0.1) is 5.92 Å². The van der Waals surface area contributed by atoms with E-state index in [2.05, 4.69) is 69.8 Å². The molecule has 3 rings (SSSR count). The van der Waals surface area contributed by atoms with Gasteiger partial charge in [0.15, 0.2) is 5.78 Å². The van der Waals surface area contributed by atoms with Gasteiger partial charge in [0.1, 0.15) is 0 Å². The van der Waals surface area contributed by atoms with Crippen molar-refractivity contribution in [2.75, 3.05) is 6.61 Å². The van der Waals surface area contributed by atoms with Crippen molar-refractivity contribution in [3.8, 4) is 11.1 Å². The Bertz CT molecular complexity index is 1150. The molecule has 0 amide bonds. The Labute approximate surface area is 251 Å². The third kappa shape index (κ3) is 9.81. The molecule has 2 aromatic rings. The molecule has 2 atom stereocenters. The van der Waals surface area contributed by atoms with E-state index in [0.29, 0.717) is 17.9 Å². The fraction of sp³-hybridized carbons (Fsp3) is 0.564. The van der Waals surface area contributed by atoms with E-state index in [1.807, 2.05) is 6.92 Å². The maximum Gasteiger partial charge on any atom is 0.157 e. The zero-order valence-electron chi connectivity index (χ0n) is 26.6. The van der Waals surface area contributed by atoms with E-state index in [1.165, 1.54) is 77.5 Å². The number of Topliss-reactive ketones (excluding diaryl/α,β-unsaturated/α-hetero) is 1. The van der Waals surface area contributed by atoms with Gasteiger partial charge in [0.2, 0.25) is 0 Å². The van der Waals surface area contributed by atoms with Gasteiger partial charge in [-0.2, -0.15) is 0 Å². The number of aryl methyl sites for hydroxylation is 3. The molecule has 2 unspecified atom stereocenters. The minimum Gasteiger partial charge on any atom is -0.396 e. The normalized spacial score (nSPS) is 16.7. The molecule has 1 aliphatic carbocycles. The van der Waals surface area contributed by atoms with Crippen LogP contribution in [-0.4, -0.2) is 17.5 Å². The molecule has 2 heteroatoms. The third-order valence-electron chi connectivity index (χ3n) is 9.13. The van der Waals surface area contributed by atoms with Gasteiger partial charge in [-0.1, -0.05) is 82.7 Å². The van der Waals surface area contributed by atoms with Gasteiger partial charge < -0.3 is 5.11 Å². The largest absolute Gasteiger partial charge is 0.396 e. The van der Waals surface area contributed by atoms with Crippen LogP contribution in [0.1, 0.15) is 132 Å². The highest BCUT2D eigenvalue weighted by molar-refractivity contribution is 5.94. The van der Waals surface area contributed by atoms with Crippen LogP contribution in [-0.2, 0) is 30.5 Å². The minimum absolute atomic E-state index is 0.188. The van der Waals surface area contributed by atoms with E-state index in [-0.39, 0.29) is 12.4 Å². The fourth-order valence-corrected chi connectivity index (χ4v) is 6.43. The van der Waals surface area contributed by atoms with Crippen LogP contribution in [0.2, 0.25) is 0 Å². The molecule has 41 heavy (non-hydrogen) atoms. The van der Waals surface area contributed by atoms with Crippen molar-refractivity contribution in [2.24, 2.45) is 5.92 Å². The van der Waals surface area contributed by atoms with Crippen LogP contribution >= 0.6 is 0 Å². The van der Waals surface area contributed by atoms with Crippen LogP contribution in [0.4, 0.5) is 0 Å². The highest BCUT2D eigenvalue weighted by Gasteiger charge is 2.19. The fourth-order valence-electron chi connectivity index (χ4n) is 6.43. The number of hydrogen-bond acceptors (Lipinski definition) is 2. The molecule has 0 bridgehead atoms. The Morgan fingerprint density at radius 2 is 1.56 bits per heavy atom. The summed E-state index contributed by atoms with van der Waals surface area (Å²) < 4.78 is 0. The molecule has 0 aliphatic heterocycles. The molecule has 0 aromatic heterocycles. The van der Waals surface area contributed by atoms with Crippen molar-refractivity contribution in [1.29, 1.82) is 0 Å². The van der Waals surface area contributed by atoms with Gasteiger partial charge in [0.05, 0.1) is 0 Å². The first-order chi connectivity index (χ1) is 19.9. The number of carbonyl (C=O) groups is 1. The second-order valence-electron chi connectivity index (χ2n) is 12.3. The highest BCUT2D eigenvalue weighted by atomic mass is 16.2. The summed E-state index contributed by atoms with van der Waals surface area (Å²) in [5.74, 6) is 1.47. The predicted octanol–water partition coefficient (Wildman–Crippen LogP) is 10.3. The topological polar surface area (TPSA) is 37.3 Å². The molecule has 2 nitrogen and oxygen atoms in total.